The quantitative estimate of drug-likeness (QED) is 0.766. The predicted molar refractivity (Wildman–Crippen MR) is 63.0 cm³/mol. The monoisotopic (exact) mass is 254 g/mol. The van der Waals surface area contributed by atoms with E-state index in [1.54, 1.807) is 11.1 Å². The van der Waals surface area contributed by atoms with Crippen LogP contribution in [0.25, 0.3) is 0 Å². The molecular weight excluding hydrogens is 236 g/mol. The Morgan fingerprint density at radius 1 is 1.56 bits per heavy atom. The summed E-state index contributed by atoms with van der Waals surface area (Å²) in [5.41, 5.74) is -0.489. The summed E-state index contributed by atoms with van der Waals surface area (Å²) < 4.78 is 16.1. The molecule has 6 nitrogen and oxygen atoms in total. The number of rotatable bonds is 1. The van der Waals surface area contributed by atoms with E-state index in [2.05, 4.69) is 4.98 Å². The molecule has 1 aliphatic rings. The van der Waals surface area contributed by atoms with E-state index in [1.807, 2.05) is 20.8 Å². The Morgan fingerprint density at radius 2 is 2.33 bits per heavy atom. The van der Waals surface area contributed by atoms with Crippen LogP contribution in [-0.2, 0) is 9.47 Å². The summed E-state index contributed by atoms with van der Waals surface area (Å²) in [4.78, 5) is 17.4. The lowest BCUT2D eigenvalue weighted by Crippen LogP contribution is -2.44. The highest BCUT2D eigenvalue weighted by atomic mass is 16.6. The van der Waals surface area contributed by atoms with Crippen molar-refractivity contribution >= 4 is 6.09 Å². The zero-order valence-corrected chi connectivity index (χ0v) is 10.9. The van der Waals surface area contributed by atoms with Gasteiger partial charge in [-0.15, -0.1) is 0 Å². The van der Waals surface area contributed by atoms with Crippen molar-refractivity contribution in [2.45, 2.75) is 32.5 Å². The van der Waals surface area contributed by atoms with Crippen molar-refractivity contribution < 1.29 is 18.7 Å². The van der Waals surface area contributed by atoms with Crippen molar-refractivity contribution in [1.82, 2.24) is 9.88 Å². The predicted octanol–water partition coefficient (Wildman–Crippen LogP) is 1.98. The van der Waals surface area contributed by atoms with Crippen LogP contribution in [0.5, 0.6) is 0 Å². The molecule has 0 aliphatic carbocycles. The van der Waals surface area contributed by atoms with Gasteiger partial charge in [-0.25, -0.2) is 9.78 Å². The average molecular weight is 254 g/mol. The second kappa shape index (κ2) is 4.97. The molecule has 1 saturated heterocycles. The van der Waals surface area contributed by atoms with Gasteiger partial charge in [-0.1, -0.05) is 0 Å². The molecule has 0 radical (unpaired) electrons. The summed E-state index contributed by atoms with van der Waals surface area (Å²) >= 11 is 0. The summed E-state index contributed by atoms with van der Waals surface area (Å²) in [6, 6.07) is 0. The summed E-state index contributed by atoms with van der Waals surface area (Å²) in [5.74, 6) is 0.628. The number of hydrogen-bond acceptors (Lipinski definition) is 5. The average Bonchev–Trinajstić information content (AvgIpc) is 2.80. The van der Waals surface area contributed by atoms with Gasteiger partial charge in [0.25, 0.3) is 0 Å². The number of oxazole rings is 1. The number of aromatic nitrogens is 1. The zero-order chi connectivity index (χ0) is 13.2. The van der Waals surface area contributed by atoms with Gasteiger partial charge in [-0.05, 0) is 20.8 Å². The number of morpholine rings is 1. The van der Waals surface area contributed by atoms with Gasteiger partial charge in [0.15, 0.2) is 12.2 Å². The molecule has 1 fully saturated rings. The number of hydrogen-bond donors (Lipinski definition) is 0. The highest BCUT2D eigenvalue weighted by Gasteiger charge is 2.30. The summed E-state index contributed by atoms with van der Waals surface area (Å²) in [6.07, 6.45) is 2.36. The molecule has 18 heavy (non-hydrogen) atoms. The summed E-state index contributed by atoms with van der Waals surface area (Å²) in [6.45, 7) is 6.95. The van der Waals surface area contributed by atoms with Crippen LogP contribution in [0, 0.1) is 0 Å². The van der Waals surface area contributed by atoms with E-state index in [9.17, 15) is 4.79 Å². The van der Waals surface area contributed by atoms with Crippen LogP contribution in [0.1, 0.15) is 32.6 Å². The Balaban J connectivity index is 1.96. The fraction of sp³-hybridized carbons (Fsp3) is 0.667. The first kappa shape index (κ1) is 12.9. The number of carbonyl (C=O) groups is 1. The Labute approximate surface area is 106 Å². The van der Waals surface area contributed by atoms with Gasteiger partial charge in [-0.2, -0.15) is 0 Å². The SMILES string of the molecule is CC(C)(C)OC(=O)N1CCOC(c2cnco2)C1. The van der Waals surface area contributed by atoms with Gasteiger partial charge in [0.2, 0.25) is 0 Å². The van der Waals surface area contributed by atoms with Gasteiger partial charge in [0.05, 0.1) is 19.3 Å². The van der Waals surface area contributed by atoms with E-state index >= 15 is 0 Å². The highest BCUT2D eigenvalue weighted by molar-refractivity contribution is 5.68. The molecule has 0 aromatic carbocycles. The molecule has 1 unspecified atom stereocenters. The third-order valence-electron chi connectivity index (χ3n) is 2.49. The number of amides is 1. The minimum Gasteiger partial charge on any atom is -0.446 e. The van der Waals surface area contributed by atoms with E-state index in [4.69, 9.17) is 13.9 Å². The fourth-order valence-electron chi connectivity index (χ4n) is 1.70. The molecular formula is C12H18N2O4. The van der Waals surface area contributed by atoms with E-state index in [0.717, 1.165) is 0 Å². The molecule has 1 aromatic heterocycles. The van der Waals surface area contributed by atoms with Crippen LogP contribution in [0.15, 0.2) is 17.0 Å². The molecule has 0 spiro atoms. The third kappa shape index (κ3) is 3.22. The van der Waals surface area contributed by atoms with Crippen LogP contribution in [0.4, 0.5) is 4.79 Å². The van der Waals surface area contributed by atoms with Crippen molar-refractivity contribution in [3.63, 3.8) is 0 Å². The first-order chi connectivity index (χ1) is 8.46. The fourth-order valence-corrected chi connectivity index (χ4v) is 1.70. The zero-order valence-electron chi connectivity index (χ0n) is 10.9. The normalized spacial score (nSPS) is 20.8. The molecule has 1 atom stereocenters. The Morgan fingerprint density at radius 3 is 2.94 bits per heavy atom. The second-order valence-electron chi connectivity index (χ2n) is 5.19. The van der Waals surface area contributed by atoms with E-state index < -0.39 is 5.60 Å². The lowest BCUT2D eigenvalue weighted by molar-refractivity contribution is -0.0502. The Hall–Kier alpha value is -1.56. The van der Waals surface area contributed by atoms with E-state index in [0.29, 0.717) is 25.5 Å². The van der Waals surface area contributed by atoms with Gasteiger partial charge < -0.3 is 18.8 Å². The molecule has 0 saturated carbocycles. The first-order valence-corrected chi connectivity index (χ1v) is 5.93. The van der Waals surface area contributed by atoms with Crippen LogP contribution in [0.2, 0.25) is 0 Å². The smallest absolute Gasteiger partial charge is 0.410 e. The minimum absolute atomic E-state index is 0.270. The Kier molecular flexibility index (Phi) is 3.56. The highest BCUT2D eigenvalue weighted by Crippen LogP contribution is 2.22. The van der Waals surface area contributed by atoms with Crippen LogP contribution < -0.4 is 0 Å². The molecule has 100 valence electrons. The van der Waals surface area contributed by atoms with Crippen molar-refractivity contribution in [2.24, 2.45) is 0 Å². The lowest BCUT2D eigenvalue weighted by Gasteiger charge is -2.33. The first-order valence-electron chi connectivity index (χ1n) is 5.93. The topological polar surface area (TPSA) is 64.8 Å². The molecule has 0 N–H and O–H groups in total. The molecule has 1 aromatic rings. The second-order valence-corrected chi connectivity index (χ2v) is 5.19. The molecule has 2 heterocycles. The molecule has 1 amide bonds. The number of ether oxygens (including phenoxy) is 2. The molecule has 1 aliphatic heterocycles. The van der Waals surface area contributed by atoms with Crippen molar-refractivity contribution in [3.05, 3.63) is 18.4 Å². The van der Waals surface area contributed by atoms with Gasteiger partial charge in [-0.3, -0.25) is 0 Å². The van der Waals surface area contributed by atoms with Crippen LogP contribution >= 0.6 is 0 Å². The van der Waals surface area contributed by atoms with Crippen molar-refractivity contribution in [2.75, 3.05) is 19.7 Å². The maximum absolute atomic E-state index is 11.9. The minimum atomic E-state index is -0.489. The van der Waals surface area contributed by atoms with Crippen LogP contribution in [0.3, 0.4) is 0 Å². The largest absolute Gasteiger partial charge is 0.446 e. The van der Waals surface area contributed by atoms with Gasteiger partial charge in [0, 0.05) is 6.54 Å². The van der Waals surface area contributed by atoms with Crippen molar-refractivity contribution in [1.29, 1.82) is 0 Å². The Bertz CT molecular complexity index is 397. The molecule has 0 bridgehead atoms. The van der Waals surface area contributed by atoms with Gasteiger partial charge in [0.1, 0.15) is 11.7 Å². The van der Waals surface area contributed by atoms with Crippen molar-refractivity contribution in [3.8, 4) is 0 Å². The van der Waals surface area contributed by atoms with E-state index in [1.165, 1.54) is 6.39 Å². The molecule has 6 heteroatoms. The lowest BCUT2D eigenvalue weighted by atomic mass is 10.2. The molecule has 2 rings (SSSR count). The van der Waals surface area contributed by atoms with E-state index in [-0.39, 0.29) is 12.2 Å². The summed E-state index contributed by atoms with van der Waals surface area (Å²) in [5, 5.41) is 0. The van der Waals surface area contributed by atoms with Gasteiger partial charge >= 0.3 is 6.09 Å². The summed E-state index contributed by atoms with van der Waals surface area (Å²) in [7, 11) is 0. The maximum Gasteiger partial charge on any atom is 0.410 e. The standard InChI is InChI=1S/C12H18N2O4/c1-12(2,3)18-11(15)14-4-5-16-10(7-14)9-6-13-8-17-9/h6,8,10H,4-5,7H2,1-3H3. The van der Waals surface area contributed by atoms with Crippen LogP contribution in [-0.4, -0.2) is 41.3 Å². The number of carbonyl (C=O) groups excluding carboxylic acids is 1. The number of nitrogens with zero attached hydrogens (tertiary/aromatic N) is 2. The third-order valence-corrected chi connectivity index (χ3v) is 2.49. The maximum atomic E-state index is 11.9.